The highest BCUT2D eigenvalue weighted by atomic mass is 19.4. The van der Waals surface area contributed by atoms with Gasteiger partial charge in [0.15, 0.2) is 0 Å². The van der Waals surface area contributed by atoms with Crippen LogP contribution < -0.4 is 10.7 Å². The first-order valence-corrected chi connectivity index (χ1v) is 11.0. The first-order chi connectivity index (χ1) is 17.4. The van der Waals surface area contributed by atoms with Crippen LogP contribution in [0.15, 0.2) is 88.8 Å². The predicted octanol–water partition coefficient (Wildman–Crippen LogP) is 6.62. The molecule has 0 aliphatic heterocycles. The third kappa shape index (κ3) is 3.14. The number of halogens is 3. The second kappa shape index (κ2) is 7.76. The molecule has 0 atom stereocenters. The number of nitrogens with zero attached hydrogens (tertiary/aromatic N) is 4. The SMILES string of the molecule is N#C/N=c1\c2ccccc2c2cc3/c(=N/C#N)c4cc(-c5ccc(C(F)(F)F)cc5)ccc4c3cc12. The van der Waals surface area contributed by atoms with Gasteiger partial charge < -0.3 is 0 Å². The maximum atomic E-state index is 13.0. The maximum Gasteiger partial charge on any atom is 0.416 e. The molecule has 0 aromatic heterocycles. The molecule has 6 aromatic carbocycles. The third-order valence-corrected chi connectivity index (χ3v) is 6.57. The second-order valence-corrected chi connectivity index (χ2v) is 8.45. The summed E-state index contributed by atoms with van der Waals surface area (Å²) < 4.78 is 39.0. The minimum absolute atomic E-state index is 0.502. The summed E-state index contributed by atoms with van der Waals surface area (Å²) in [4.78, 5) is 8.20. The van der Waals surface area contributed by atoms with Crippen LogP contribution in [-0.4, -0.2) is 0 Å². The Bertz CT molecular complexity index is 2050. The van der Waals surface area contributed by atoms with Crippen LogP contribution in [0.3, 0.4) is 0 Å². The highest BCUT2D eigenvalue weighted by molar-refractivity contribution is 6.21. The Hall–Kier alpha value is -5.01. The molecule has 6 aromatic rings. The van der Waals surface area contributed by atoms with Gasteiger partial charge in [0.25, 0.3) is 0 Å². The van der Waals surface area contributed by atoms with E-state index in [1.165, 1.54) is 12.1 Å². The number of fused-ring (bicyclic) bond motifs is 6. The standard InChI is InChI=1S/C29H13F3N4/c30-29(31,32)18-8-5-16(6-9-18)17-7-10-20-23-13-25-22(12-26(23)28(36-15-34)24(20)11-17)19-3-1-2-4-21(19)27(25)35-14-33/h1-13H/b35-27+,36-28+. The van der Waals surface area contributed by atoms with Gasteiger partial charge in [0, 0.05) is 21.5 Å². The number of rotatable bonds is 1. The molecule has 0 spiro atoms. The number of benzene rings is 4. The molecule has 0 saturated carbocycles. The molecule has 0 aliphatic rings. The Morgan fingerprint density at radius 2 is 1.03 bits per heavy atom. The summed E-state index contributed by atoms with van der Waals surface area (Å²) in [5.74, 6) is 0. The summed E-state index contributed by atoms with van der Waals surface area (Å²) in [6, 6.07) is 22.2. The summed E-state index contributed by atoms with van der Waals surface area (Å²) in [6.07, 6.45) is -0.621. The van der Waals surface area contributed by atoms with Crippen LogP contribution in [0.1, 0.15) is 5.56 Å². The summed E-state index contributed by atoms with van der Waals surface area (Å²) in [7, 11) is 0. The third-order valence-electron chi connectivity index (χ3n) is 6.57. The minimum atomic E-state index is -4.41. The topological polar surface area (TPSA) is 72.3 Å². The van der Waals surface area contributed by atoms with Crippen LogP contribution in [0.4, 0.5) is 13.2 Å². The molecule has 0 heterocycles. The van der Waals surface area contributed by atoms with Crippen LogP contribution in [-0.2, 0) is 6.18 Å². The number of hydrogen-bond donors (Lipinski definition) is 0. The van der Waals surface area contributed by atoms with Crippen molar-refractivity contribution in [1.82, 2.24) is 0 Å². The smallest absolute Gasteiger partial charge is 0.172 e. The molecular formula is C29H13F3N4. The van der Waals surface area contributed by atoms with Gasteiger partial charge in [-0.3, -0.25) is 0 Å². The number of hydrogen-bond acceptors (Lipinski definition) is 4. The number of nitriles is 2. The molecule has 36 heavy (non-hydrogen) atoms. The molecule has 0 aliphatic carbocycles. The minimum Gasteiger partial charge on any atom is -0.172 e. The van der Waals surface area contributed by atoms with E-state index < -0.39 is 11.7 Å². The Morgan fingerprint density at radius 3 is 1.61 bits per heavy atom. The average Bonchev–Trinajstić information content (AvgIpc) is 3.35. The van der Waals surface area contributed by atoms with E-state index in [9.17, 15) is 23.7 Å². The molecule has 0 N–H and O–H groups in total. The van der Waals surface area contributed by atoms with Gasteiger partial charge in [-0.05, 0) is 63.0 Å². The van der Waals surface area contributed by atoms with Gasteiger partial charge in [-0.1, -0.05) is 48.5 Å². The lowest BCUT2D eigenvalue weighted by molar-refractivity contribution is -0.137. The lowest BCUT2D eigenvalue weighted by atomic mass is 10.0. The van der Waals surface area contributed by atoms with Gasteiger partial charge in [-0.2, -0.15) is 33.7 Å². The van der Waals surface area contributed by atoms with Gasteiger partial charge in [0.2, 0.25) is 12.4 Å². The predicted molar refractivity (Wildman–Crippen MR) is 132 cm³/mol. The van der Waals surface area contributed by atoms with Crippen molar-refractivity contribution in [2.75, 3.05) is 0 Å². The lowest BCUT2D eigenvalue weighted by Gasteiger charge is -2.08. The van der Waals surface area contributed by atoms with Crippen molar-refractivity contribution >= 4 is 43.1 Å². The lowest BCUT2D eigenvalue weighted by Crippen LogP contribution is -2.04. The Labute approximate surface area is 201 Å². The van der Waals surface area contributed by atoms with E-state index in [4.69, 9.17) is 0 Å². The van der Waals surface area contributed by atoms with E-state index in [1.54, 1.807) is 0 Å². The van der Waals surface area contributed by atoms with Gasteiger partial charge in [0.1, 0.15) is 0 Å². The summed E-state index contributed by atoms with van der Waals surface area (Å²) >= 11 is 0. The van der Waals surface area contributed by atoms with Crippen LogP contribution >= 0.6 is 0 Å². The molecule has 0 amide bonds. The second-order valence-electron chi connectivity index (χ2n) is 8.45. The van der Waals surface area contributed by atoms with Crippen molar-refractivity contribution in [3.8, 4) is 23.5 Å². The molecular weight excluding hydrogens is 461 g/mol. The van der Waals surface area contributed by atoms with Crippen molar-refractivity contribution in [3.05, 3.63) is 95.1 Å². The van der Waals surface area contributed by atoms with E-state index in [-0.39, 0.29) is 0 Å². The van der Waals surface area contributed by atoms with Crippen LogP contribution in [0, 0.1) is 22.9 Å². The Kier molecular flexibility index (Phi) is 4.64. The molecule has 7 heteroatoms. The van der Waals surface area contributed by atoms with Crippen molar-refractivity contribution in [1.29, 1.82) is 10.5 Å². The zero-order valence-corrected chi connectivity index (χ0v) is 18.4. The zero-order chi connectivity index (χ0) is 25.0. The average molecular weight is 474 g/mol. The summed E-state index contributed by atoms with van der Waals surface area (Å²) in [5.41, 5.74) is 0.625. The quantitative estimate of drug-likeness (QED) is 0.251. The molecule has 4 nitrogen and oxygen atoms in total. The molecule has 0 saturated heterocycles. The fourth-order valence-corrected chi connectivity index (χ4v) is 5.00. The monoisotopic (exact) mass is 474 g/mol. The fraction of sp³-hybridized carbons (Fsp3) is 0.0345. The van der Waals surface area contributed by atoms with E-state index in [0.29, 0.717) is 21.8 Å². The van der Waals surface area contributed by atoms with E-state index in [2.05, 4.69) is 9.98 Å². The van der Waals surface area contributed by atoms with E-state index >= 15 is 0 Å². The molecule has 0 bridgehead atoms. The van der Waals surface area contributed by atoms with E-state index in [1.807, 2.05) is 67.0 Å². The zero-order valence-electron chi connectivity index (χ0n) is 18.4. The van der Waals surface area contributed by atoms with E-state index in [0.717, 1.165) is 55.2 Å². The van der Waals surface area contributed by atoms with Crippen molar-refractivity contribution < 1.29 is 13.2 Å². The van der Waals surface area contributed by atoms with Crippen LogP contribution in [0.25, 0.3) is 54.2 Å². The van der Waals surface area contributed by atoms with Crippen molar-refractivity contribution in [3.63, 3.8) is 0 Å². The normalized spacial score (nSPS) is 13.1. The van der Waals surface area contributed by atoms with Crippen molar-refractivity contribution in [2.24, 2.45) is 9.98 Å². The Balaban J connectivity index is 1.67. The highest BCUT2D eigenvalue weighted by Crippen LogP contribution is 2.35. The first kappa shape index (κ1) is 21.5. The van der Waals surface area contributed by atoms with Gasteiger partial charge in [-0.15, -0.1) is 0 Å². The van der Waals surface area contributed by atoms with Crippen LogP contribution in [0.2, 0.25) is 0 Å². The molecule has 6 rings (SSSR count). The highest BCUT2D eigenvalue weighted by Gasteiger charge is 2.30. The number of alkyl halides is 3. The summed E-state index contributed by atoms with van der Waals surface area (Å²) in [5, 5.41) is 26.6. The Morgan fingerprint density at radius 1 is 0.528 bits per heavy atom. The molecule has 0 radical (unpaired) electrons. The largest absolute Gasteiger partial charge is 0.416 e. The van der Waals surface area contributed by atoms with Gasteiger partial charge in [0.05, 0.1) is 16.3 Å². The maximum absolute atomic E-state index is 13.0. The van der Waals surface area contributed by atoms with Gasteiger partial charge in [-0.25, -0.2) is 0 Å². The van der Waals surface area contributed by atoms with Gasteiger partial charge >= 0.3 is 6.18 Å². The molecule has 170 valence electrons. The van der Waals surface area contributed by atoms with Crippen molar-refractivity contribution in [2.45, 2.75) is 6.18 Å². The fourth-order valence-electron chi connectivity index (χ4n) is 5.00. The van der Waals surface area contributed by atoms with Crippen LogP contribution in [0.5, 0.6) is 0 Å². The first-order valence-electron chi connectivity index (χ1n) is 11.0. The molecule has 0 unspecified atom stereocenters. The molecule has 0 fully saturated rings. The summed E-state index contributed by atoms with van der Waals surface area (Å²) in [6.45, 7) is 0.